The van der Waals surface area contributed by atoms with E-state index in [1.165, 1.54) is 12.8 Å². The van der Waals surface area contributed by atoms with Gasteiger partial charge in [0.25, 0.3) is 0 Å². The predicted molar refractivity (Wildman–Crippen MR) is 78.2 cm³/mol. The van der Waals surface area contributed by atoms with Gasteiger partial charge in [0.2, 0.25) is 10.1 Å². The van der Waals surface area contributed by atoms with Gasteiger partial charge >= 0.3 is 0 Å². The average Bonchev–Trinajstić information content (AvgIpc) is 3.12. The lowest BCUT2D eigenvalue weighted by molar-refractivity contribution is 0.508. The molecule has 104 valence electrons. The molecule has 20 heavy (non-hydrogen) atoms. The number of fused-ring (bicyclic) bond motifs is 1. The Morgan fingerprint density at radius 2 is 2.40 bits per heavy atom. The molecule has 0 aliphatic carbocycles. The summed E-state index contributed by atoms with van der Waals surface area (Å²) in [5.74, 6) is 0. The summed E-state index contributed by atoms with van der Waals surface area (Å²) in [5.41, 5.74) is 1.02. The van der Waals surface area contributed by atoms with Crippen LogP contribution in [-0.2, 0) is 6.54 Å². The number of hydrogen-bond acceptors (Lipinski definition) is 5. The van der Waals surface area contributed by atoms with Gasteiger partial charge in [-0.15, -0.1) is 5.10 Å². The van der Waals surface area contributed by atoms with Gasteiger partial charge in [0.15, 0.2) is 0 Å². The van der Waals surface area contributed by atoms with Gasteiger partial charge in [-0.1, -0.05) is 11.3 Å². The second-order valence-electron chi connectivity index (χ2n) is 5.21. The van der Waals surface area contributed by atoms with E-state index in [0.717, 1.165) is 28.9 Å². The highest BCUT2D eigenvalue weighted by molar-refractivity contribution is 7.20. The first-order valence-corrected chi connectivity index (χ1v) is 7.68. The van der Waals surface area contributed by atoms with E-state index < -0.39 is 0 Å². The second kappa shape index (κ2) is 4.59. The van der Waals surface area contributed by atoms with E-state index in [-0.39, 0.29) is 0 Å². The molecule has 1 fully saturated rings. The molecule has 3 aromatic heterocycles. The summed E-state index contributed by atoms with van der Waals surface area (Å²) in [7, 11) is 0. The van der Waals surface area contributed by atoms with Gasteiger partial charge < -0.3 is 4.90 Å². The summed E-state index contributed by atoms with van der Waals surface area (Å²) >= 11 is 1.67. The zero-order chi connectivity index (χ0) is 13.5. The summed E-state index contributed by atoms with van der Waals surface area (Å²) in [6.07, 6.45) is 8.25. The second-order valence-corrected chi connectivity index (χ2v) is 6.15. The number of imidazole rings is 1. The third-order valence-electron chi connectivity index (χ3n) is 3.73. The van der Waals surface area contributed by atoms with Crippen LogP contribution in [0, 0.1) is 6.92 Å². The highest BCUT2D eigenvalue weighted by atomic mass is 32.1. The summed E-state index contributed by atoms with van der Waals surface area (Å²) in [5, 5.41) is 10.0. The summed E-state index contributed by atoms with van der Waals surface area (Å²) in [4.78, 5) is 7.85. The van der Waals surface area contributed by atoms with E-state index in [9.17, 15) is 0 Å². The fourth-order valence-corrected chi connectivity index (χ4v) is 3.84. The fraction of sp³-hybridized carbons (Fsp3) is 0.462. The lowest BCUT2D eigenvalue weighted by atomic mass is 10.2. The Balaban J connectivity index is 1.60. The molecule has 0 aromatic carbocycles. The fourth-order valence-electron chi connectivity index (χ4n) is 2.82. The van der Waals surface area contributed by atoms with E-state index >= 15 is 0 Å². The van der Waals surface area contributed by atoms with E-state index in [4.69, 9.17) is 0 Å². The van der Waals surface area contributed by atoms with Crippen molar-refractivity contribution in [2.45, 2.75) is 32.4 Å². The van der Waals surface area contributed by atoms with Gasteiger partial charge in [0, 0.05) is 18.9 Å². The van der Waals surface area contributed by atoms with Crippen molar-refractivity contribution in [2.24, 2.45) is 0 Å². The average molecular weight is 288 g/mol. The number of anilines is 1. The Kier molecular flexibility index (Phi) is 2.73. The quantitative estimate of drug-likeness (QED) is 0.739. The molecule has 0 unspecified atom stereocenters. The minimum Gasteiger partial charge on any atom is -0.342 e. The third kappa shape index (κ3) is 1.98. The van der Waals surface area contributed by atoms with E-state index in [1.54, 1.807) is 11.3 Å². The van der Waals surface area contributed by atoms with E-state index in [0.29, 0.717) is 6.04 Å². The Labute approximate surface area is 120 Å². The molecule has 1 aliphatic heterocycles. The number of aryl methyl sites for hydroxylation is 1. The Hall–Kier alpha value is -1.89. The molecule has 3 aromatic rings. The van der Waals surface area contributed by atoms with Crippen LogP contribution >= 0.6 is 11.3 Å². The standard InChI is InChI=1S/C13H16N6S/c1-10-8-19-12(15-10)20-13(16-19)18-7-2-4-11(18)9-17-6-3-5-14-17/h3,5-6,8,11H,2,4,7,9H2,1H3/t11-/m0/s1. The monoisotopic (exact) mass is 288 g/mol. The molecule has 7 heteroatoms. The molecule has 0 spiro atoms. The zero-order valence-corrected chi connectivity index (χ0v) is 12.1. The van der Waals surface area contributed by atoms with Crippen LogP contribution in [0.3, 0.4) is 0 Å². The Morgan fingerprint density at radius 1 is 1.45 bits per heavy atom. The largest absolute Gasteiger partial charge is 0.342 e. The van der Waals surface area contributed by atoms with Crippen LogP contribution in [0.5, 0.6) is 0 Å². The lowest BCUT2D eigenvalue weighted by Gasteiger charge is -2.23. The molecule has 0 saturated carbocycles. The molecule has 6 nitrogen and oxygen atoms in total. The first kappa shape index (κ1) is 11.9. The summed E-state index contributed by atoms with van der Waals surface area (Å²) < 4.78 is 3.89. The van der Waals surface area contributed by atoms with Crippen molar-refractivity contribution >= 4 is 21.4 Å². The molecule has 4 heterocycles. The number of hydrogen-bond donors (Lipinski definition) is 0. The molecule has 0 radical (unpaired) electrons. The molecule has 0 N–H and O–H groups in total. The van der Waals surface area contributed by atoms with Crippen molar-refractivity contribution in [1.29, 1.82) is 0 Å². The highest BCUT2D eigenvalue weighted by Crippen LogP contribution is 2.30. The van der Waals surface area contributed by atoms with Gasteiger partial charge in [0.1, 0.15) is 0 Å². The molecule has 0 bridgehead atoms. The van der Waals surface area contributed by atoms with Crippen LogP contribution in [-0.4, -0.2) is 37.0 Å². The van der Waals surface area contributed by atoms with Crippen molar-refractivity contribution in [2.75, 3.05) is 11.4 Å². The van der Waals surface area contributed by atoms with Gasteiger partial charge in [0.05, 0.1) is 24.5 Å². The maximum atomic E-state index is 4.66. The van der Waals surface area contributed by atoms with Crippen molar-refractivity contribution in [3.8, 4) is 0 Å². The van der Waals surface area contributed by atoms with E-state index in [2.05, 4.69) is 20.1 Å². The van der Waals surface area contributed by atoms with E-state index in [1.807, 2.05) is 40.8 Å². The highest BCUT2D eigenvalue weighted by Gasteiger charge is 2.28. The predicted octanol–water partition coefficient (Wildman–Crippen LogP) is 1.96. The number of aromatic nitrogens is 5. The van der Waals surface area contributed by atoms with Gasteiger partial charge in [-0.05, 0) is 25.8 Å². The van der Waals surface area contributed by atoms with Crippen molar-refractivity contribution in [1.82, 2.24) is 24.4 Å². The zero-order valence-electron chi connectivity index (χ0n) is 11.3. The maximum absolute atomic E-state index is 4.66. The van der Waals surface area contributed by atoms with Crippen LogP contribution in [0.25, 0.3) is 4.96 Å². The van der Waals surface area contributed by atoms with Crippen LogP contribution in [0.15, 0.2) is 24.7 Å². The topological polar surface area (TPSA) is 51.2 Å². The molecular weight excluding hydrogens is 272 g/mol. The Morgan fingerprint density at radius 3 is 3.20 bits per heavy atom. The third-order valence-corrected chi connectivity index (χ3v) is 4.69. The smallest absolute Gasteiger partial charge is 0.214 e. The van der Waals surface area contributed by atoms with Gasteiger partial charge in [-0.2, -0.15) is 5.10 Å². The normalized spacial score (nSPS) is 19.2. The van der Waals surface area contributed by atoms with Gasteiger partial charge in [-0.25, -0.2) is 9.50 Å². The number of nitrogens with zero attached hydrogens (tertiary/aromatic N) is 6. The van der Waals surface area contributed by atoms with Crippen LogP contribution < -0.4 is 4.90 Å². The molecular formula is C13H16N6S. The minimum absolute atomic E-state index is 0.479. The molecule has 1 saturated heterocycles. The van der Waals surface area contributed by atoms with Crippen molar-refractivity contribution in [3.63, 3.8) is 0 Å². The van der Waals surface area contributed by atoms with Gasteiger partial charge in [-0.3, -0.25) is 4.68 Å². The molecule has 1 atom stereocenters. The molecule has 0 amide bonds. The SMILES string of the molecule is Cc1cn2nc(N3CCC[C@H]3Cn3cccn3)sc2n1. The maximum Gasteiger partial charge on any atom is 0.214 e. The minimum atomic E-state index is 0.479. The van der Waals surface area contributed by atoms with Crippen molar-refractivity contribution in [3.05, 3.63) is 30.4 Å². The van der Waals surface area contributed by atoms with Crippen LogP contribution in [0.1, 0.15) is 18.5 Å². The van der Waals surface area contributed by atoms with Crippen LogP contribution in [0.2, 0.25) is 0 Å². The molecule has 1 aliphatic rings. The molecule has 4 rings (SSSR count). The summed E-state index contributed by atoms with van der Waals surface area (Å²) in [6.45, 7) is 3.99. The lowest BCUT2D eigenvalue weighted by Crippen LogP contribution is -2.33. The first-order chi connectivity index (χ1) is 9.79. The van der Waals surface area contributed by atoms with Crippen molar-refractivity contribution < 1.29 is 0 Å². The number of rotatable bonds is 3. The summed E-state index contributed by atoms with van der Waals surface area (Å²) in [6, 6.07) is 2.45. The first-order valence-electron chi connectivity index (χ1n) is 6.86. The van der Waals surface area contributed by atoms with Crippen LogP contribution in [0.4, 0.5) is 5.13 Å². The Bertz CT molecular complexity index is 681.